The van der Waals surface area contributed by atoms with Gasteiger partial charge in [0.1, 0.15) is 0 Å². The van der Waals surface area contributed by atoms with Gasteiger partial charge in [-0.2, -0.15) is 0 Å². The van der Waals surface area contributed by atoms with Gasteiger partial charge in [0, 0.05) is 5.56 Å². The van der Waals surface area contributed by atoms with Crippen LogP contribution in [0.15, 0.2) is 30.8 Å². The zero-order valence-electron chi connectivity index (χ0n) is 6.44. The van der Waals surface area contributed by atoms with Gasteiger partial charge in [-0.25, -0.2) is 0 Å². The molecular formula is C9H10O3. The lowest BCUT2D eigenvalue weighted by molar-refractivity contribution is -0.323. The smallest absolute Gasteiger partial charge is 0.304 e. The highest BCUT2D eigenvalue weighted by atomic mass is 16.7. The predicted molar refractivity (Wildman–Crippen MR) is 44.9 cm³/mol. The normalized spacial score (nSPS) is 11.2. The van der Waals surface area contributed by atoms with Crippen LogP contribution in [0, 0.1) is 0 Å². The minimum atomic E-state index is -2.76. The first-order chi connectivity index (χ1) is 5.54. The van der Waals surface area contributed by atoms with Crippen molar-refractivity contribution >= 4 is 6.08 Å². The summed E-state index contributed by atoms with van der Waals surface area (Å²) >= 11 is 0. The molecule has 0 saturated carbocycles. The maximum atomic E-state index is 8.79. The molecule has 12 heavy (non-hydrogen) atoms. The number of hydrogen-bond donors (Lipinski definition) is 3. The van der Waals surface area contributed by atoms with E-state index in [1.54, 1.807) is 18.2 Å². The van der Waals surface area contributed by atoms with Crippen LogP contribution in [0.25, 0.3) is 6.08 Å². The molecule has 0 aliphatic heterocycles. The van der Waals surface area contributed by atoms with E-state index in [0.29, 0.717) is 5.56 Å². The highest BCUT2D eigenvalue weighted by molar-refractivity contribution is 5.48. The van der Waals surface area contributed by atoms with Gasteiger partial charge in [-0.15, -0.1) is 0 Å². The zero-order valence-corrected chi connectivity index (χ0v) is 6.44. The first kappa shape index (κ1) is 8.93. The van der Waals surface area contributed by atoms with Gasteiger partial charge >= 0.3 is 5.97 Å². The molecule has 0 aromatic heterocycles. The summed E-state index contributed by atoms with van der Waals surface area (Å²) in [6.45, 7) is 3.51. The van der Waals surface area contributed by atoms with E-state index >= 15 is 0 Å². The summed E-state index contributed by atoms with van der Waals surface area (Å²) in [7, 11) is 0. The average Bonchev–Trinajstić information content (AvgIpc) is 2.03. The Labute approximate surface area is 70.2 Å². The number of rotatable bonds is 2. The van der Waals surface area contributed by atoms with Gasteiger partial charge < -0.3 is 15.3 Å². The van der Waals surface area contributed by atoms with Gasteiger partial charge in [0.2, 0.25) is 0 Å². The van der Waals surface area contributed by atoms with E-state index in [0.717, 1.165) is 0 Å². The van der Waals surface area contributed by atoms with Crippen LogP contribution >= 0.6 is 0 Å². The lowest BCUT2D eigenvalue weighted by atomic mass is 10.1. The average molecular weight is 166 g/mol. The molecule has 0 amide bonds. The lowest BCUT2D eigenvalue weighted by Crippen LogP contribution is -2.23. The van der Waals surface area contributed by atoms with E-state index in [1.807, 2.05) is 0 Å². The van der Waals surface area contributed by atoms with Crippen molar-refractivity contribution in [2.75, 3.05) is 0 Å². The molecule has 0 aliphatic rings. The summed E-state index contributed by atoms with van der Waals surface area (Å²) < 4.78 is 0. The van der Waals surface area contributed by atoms with Crippen molar-refractivity contribution in [1.29, 1.82) is 0 Å². The molecular weight excluding hydrogens is 156 g/mol. The third-order valence-corrected chi connectivity index (χ3v) is 1.51. The summed E-state index contributed by atoms with van der Waals surface area (Å²) in [5.74, 6) is -2.76. The Bertz CT molecular complexity index is 286. The van der Waals surface area contributed by atoms with Crippen molar-refractivity contribution in [3.8, 4) is 0 Å². The lowest BCUT2D eigenvalue weighted by Gasteiger charge is -2.14. The van der Waals surface area contributed by atoms with E-state index in [9.17, 15) is 0 Å². The highest BCUT2D eigenvalue weighted by Gasteiger charge is 2.20. The Hall–Kier alpha value is -1.16. The fourth-order valence-corrected chi connectivity index (χ4v) is 0.874. The van der Waals surface area contributed by atoms with E-state index in [1.165, 1.54) is 12.1 Å². The van der Waals surface area contributed by atoms with Crippen LogP contribution in [0.5, 0.6) is 0 Å². The Morgan fingerprint density at radius 3 is 2.42 bits per heavy atom. The van der Waals surface area contributed by atoms with Gasteiger partial charge in [-0.05, 0) is 11.6 Å². The SMILES string of the molecule is C=Cc1cccc(C(O)(O)O)c1. The van der Waals surface area contributed by atoms with Gasteiger partial charge in [0.05, 0.1) is 0 Å². The number of benzene rings is 1. The molecule has 0 fully saturated rings. The topological polar surface area (TPSA) is 60.7 Å². The van der Waals surface area contributed by atoms with Gasteiger partial charge in [-0.1, -0.05) is 30.9 Å². The molecule has 0 spiro atoms. The fraction of sp³-hybridized carbons (Fsp3) is 0.111. The predicted octanol–water partition coefficient (Wildman–Crippen LogP) is 0.417. The van der Waals surface area contributed by atoms with Crippen molar-refractivity contribution in [2.24, 2.45) is 0 Å². The molecule has 0 atom stereocenters. The van der Waals surface area contributed by atoms with Crippen molar-refractivity contribution in [3.63, 3.8) is 0 Å². The summed E-state index contributed by atoms with van der Waals surface area (Å²) in [5, 5.41) is 26.4. The van der Waals surface area contributed by atoms with Crippen molar-refractivity contribution < 1.29 is 15.3 Å². The fourth-order valence-electron chi connectivity index (χ4n) is 0.874. The highest BCUT2D eigenvalue weighted by Crippen LogP contribution is 2.16. The Morgan fingerprint density at radius 1 is 1.25 bits per heavy atom. The molecule has 0 bridgehead atoms. The molecule has 0 radical (unpaired) electrons. The first-order valence-electron chi connectivity index (χ1n) is 3.44. The second-order valence-corrected chi connectivity index (χ2v) is 2.46. The number of hydrogen-bond acceptors (Lipinski definition) is 3. The third kappa shape index (κ3) is 1.92. The molecule has 0 unspecified atom stereocenters. The summed E-state index contributed by atoms with van der Waals surface area (Å²) in [6, 6.07) is 6.19. The number of aliphatic hydroxyl groups is 3. The van der Waals surface area contributed by atoms with Crippen LogP contribution in [-0.4, -0.2) is 15.3 Å². The van der Waals surface area contributed by atoms with E-state index < -0.39 is 5.97 Å². The second kappa shape index (κ2) is 3.06. The van der Waals surface area contributed by atoms with Crippen molar-refractivity contribution in [3.05, 3.63) is 42.0 Å². The summed E-state index contributed by atoms with van der Waals surface area (Å²) in [6.07, 6.45) is 1.55. The van der Waals surface area contributed by atoms with E-state index in [4.69, 9.17) is 15.3 Å². The maximum absolute atomic E-state index is 8.79. The van der Waals surface area contributed by atoms with Crippen molar-refractivity contribution in [2.45, 2.75) is 5.97 Å². The van der Waals surface area contributed by atoms with Crippen LogP contribution in [0.4, 0.5) is 0 Å². The van der Waals surface area contributed by atoms with Crippen LogP contribution < -0.4 is 0 Å². The Morgan fingerprint density at radius 2 is 1.92 bits per heavy atom. The first-order valence-corrected chi connectivity index (χ1v) is 3.44. The summed E-state index contributed by atoms with van der Waals surface area (Å²) in [5.41, 5.74) is 0.744. The van der Waals surface area contributed by atoms with E-state index in [-0.39, 0.29) is 5.56 Å². The standard InChI is InChI=1S/C9H10O3/c1-2-7-4-3-5-8(6-7)9(10,11)12/h2-6,10-12H,1H2. The molecule has 0 saturated heterocycles. The molecule has 0 heterocycles. The third-order valence-electron chi connectivity index (χ3n) is 1.51. The Balaban J connectivity index is 3.10. The molecule has 3 N–H and O–H groups in total. The van der Waals surface area contributed by atoms with Crippen LogP contribution in [0.3, 0.4) is 0 Å². The zero-order chi connectivity index (χ0) is 9.19. The minimum absolute atomic E-state index is 0.0277. The van der Waals surface area contributed by atoms with Gasteiger partial charge in [0.15, 0.2) is 0 Å². The molecule has 0 aliphatic carbocycles. The quantitative estimate of drug-likeness (QED) is 0.558. The Kier molecular flexibility index (Phi) is 2.28. The second-order valence-electron chi connectivity index (χ2n) is 2.46. The maximum Gasteiger partial charge on any atom is 0.304 e. The minimum Gasteiger partial charge on any atom is -0.340 e. The van der Waals surface area contributed by atoms with Crippen LogP contribution in [0.1, 0.15) is 11.1 Å². The largest absolute Gasteiger partial charge is 0.340 e. The van der Waals surface area contributed by atoms with Crippen LogP contribution in [-0.2, 0) is 5.97 Å². The molecule has 1 rings (SSSR count). The van der Waals surface area contributed by atoms with Crippen LogP contribution in [0.2, 0.25) is 0 Å². The molecule has 3 nitrogen and oxygen atoms in total. The summed E-state index contributed by atoms with van der Waals surface area (Å²) in [4.78, 5) is 0. The van der Waals surface area contributed by atoms with E-state index in [2.05, 4.69) is 6.58 Å². The monoisotopic (exact) mass is 166 g/mol. The van der Waals surface area contributed by atoms with Gasteiger partial charge in [-0.3, -0.25) is 0 Å². The molecule has 64 valence electrons. The van der Waals surface area contributed by atoms with Gasteiger partial charge in [0.25, 0.3) is 0 Å². The molecule has 3 heteroatoms. The molecule has 1 aromatic carbocycles. The van der Waals surface area contributed by atoms with Crippen molar-refractivity contribution in [1.82, 2.24) is 0 Å². The molecule has 1 aromatic rings.